The number of nitrogens with zero attached hydrogens (tertiary/aromatic N) is 2. The molecule has 3 heterocycles. The molecule has 0 saturated carbocycles. The molecule has 0 spiro atoms. The van der Waals surface area contributed by atoms with Crippen molar-refractivity contribution < 1.29 is 4.42 Å². The van der Waals surface area contributed by atoms with Crippen LogP contribution in [-0.4, -0.2) is 4.98 Å². The van der Waals surface area contributed by atoms with Crippen molar-refractivity contribution in [2.24, 2.45) is 0 Å². The van der Waals surface area contributed by atoms with Gasteiger partial charge in [-0.15, -0.1) is 11.3 Å². The van der Waals surface area contributed by atoms with E-state index in [1.165, 1.54) is 48.0 Å². The van der Waals surface area contributed by atoms with Gasteiger partial charge in [-0.05, 0) is 69.8 Å². The van der Waals surface area contributed by atoms with Crippen LogP contribution in [0.5, 0.6) is 0 Å². The Morgan fingerprint density at radius 2 is 1.34 bits per heavy atom. The SMILES string of the molecule is CC1(C)c2cc(C#N)ccc2-c2ccc(-c3ccc(-c4nc5c(ccc6c7ccccc7sc65)c5oc6ccccc6c45)cc3)cc21. The van der Waals surface area contributed by atoms with Crippen molar-refractivity contribution in [3.63, 3.8) is 0 Å². The summed E-state index contributed by atoms with van der Waals surface area (Å²) in [6.45, 7) is 4.51. The lowest BCUT2D eigenvalue weighted by Gasteiger charge is -2.22. The van der Waals surface area contributed by atoms with Crippen molar-refractivity contribution >= 4 is 64.4 Å². The van der Waals surface area contributed by atoms with Gasteiger partial charge in [-0.1, -0.05) is 98.8 Å². The number of rotatable bonds is 2. The van der Waals surface area contributed by atoms with Crippen LogP contribution in [0.3, 0.4) is 0 Å². The summed E-state index contributed by atoms with van der Waals surface area (Å²) in [5.41, 5.74) is 12.6. The quantitative estimate of drug-likeness (QED) is 0.194. The first kappa shape index (κ1) is 26.5. The summed E-state index contributed by atoms with van der Waals surface area (Å²) in [7, 11) is 0. The summed E-state index contributed by atoms with van der Waals surface area (Å²) in [5, 5.41) is 15.2. The number of hydrogen-bond donors (Lipinski definition) is 0. The maximum absolute atomic E-state index is 9.52. The van der Waals surface area contributed by atoms with Crippen molar-refractivity contribution in [2.45, 2.75) is 19.3 Å². The first-order valence-corrected chi connectivity index (χ1v) is 16.7. The molecule has 0 saturated heterocycles. The average molecular weight is 619 g/mol. The van der Waals surface area contributed by atoms with Gasteiger partial charge < -0.3 is 4.42 Å². The lowest BCUT2D eigenvalue weighted by molar-refractivity contribution is 0.660. The number of pyridine rings is 1. The van der Waals surface area contributed by atoms with Gasteiger partial charge in [-0.3, -0.25) is 0 Å². The number of aromatic nitrogens is 1. The Morgan fingerprint density at radius 3 is 2.17 bits per heavy atom. The molecule has 9 aromatic rings. The monoisotopic (exact) mass is 618 g/mol. The molecule has 6 aromatic carbocycles. The van der Waals surface area contributed by atoms with Crippen LogP contribution in [0.1, 0.15) is 30.5 Å². The number of benzene rings is 6. The summed E-state index contributed by atoms with van der Waals surface area (Å²) in [4.78, 5) is 5.45. The van der Waals surface area contributed by atoms with Gasteiger partial charge in [0.25, 0.3) is 0 Å². The fraction of sp³-hybridized carbons (Fsp3) is 0.0698. The Morgan fingerprint density at radius 1 is 0.660 bits per heavy atom. The molecule has 4 heteroatoms. The highest BCUT2D eigenvalue weighted by Gasteiger charge is 2.35. The number of furan rings is 1. The maximum Gasteiger partial charge on any atom is 0.147 e. The minimum atomic E-state index is -0.186. The van der Waals surface area contributed by atoms with Crippen LogP contribution in [0.15, 0.2) is 126 Å². The molecule has 10 rings (SSSR count). The van der Waals surface area contributed by atoms with E-state index in [1.807, 2.05) is 24.3 Å². The van der Waals surface area contributed by atoms with E-state index in [1.54, 1.807) is 11.3 Å². The van der Waals surface area contributed by atoms with Crippen molar-refractivity contribution in [3.8, 4) is 39.6 Å². The fourth-order valence-corrected chi connectivity index (χ4v) is 8.92. The first-order chi connectivity index (χ1) is 23.0. The van der Waals surface area contributed by atoms with Gasteiger partial charge in [0, 0.05) is 37.2 Å². The van der Waals surface area contributed by atoms with Gasteiger partial charge in [0.15, 0.2) is 0 Å². The average Bonchev–Trinajstić information content (AvgIpc) is 3.76. The zero-order chi connectivity index (χ0) is 31.4. The number of para-hydroxylation sites is 1. The van der Waals surface area contributed by atoms with Crippen LogP contribution in [0.2, 0.25) is 0 Å². The van der Waals surface area contributed by atoms with Gasteiger partial charge in [0.2, 0.25) is 0 Å². The minimum Gasteiger partial charge on any atom is -0.455 e. The lowest BCUT2D eigenvalue weighted by atomic mass is 9.81. The van der Waals surface area contributed by atoms with Gasteiger partial charge >= 0.3 is 0 Å². The molecule has 0 N–H and O–H groups in total. The van der Waals surface area contributed by atoms with Crippen LogP contribution in [0, 0.1) is 11.3 Å². The predicted octanol–water partition coefficient (Wildman–Crippen LogP) is 12.0. The lowest BCUT2D eigenvalue weighted by Crippen LogP contribution is -2.15. The number of thiophene rings is 1. The summed E-state index contributed by atoms with van der Waals surface area (Å²) in [6.07, 6.45) is 0. The Bertz CT molecular complexity index is 2830. The number of nitriles is 1. The molecule has 1 aliphatic carbocycles. The second-order valence-electron chi connectivity index (χ2n) is 13.0. The summed E-state index contributed by atoms with van der Waals surface area (Å²) >= 11 is 1.80. The smallest absolute Gasteiger partial charge is 0.147 e. The first-order valence-electron chi connectivity index (χ1n) is 15.9. The highest BCUT2D eigenvalue weighted by molar-refractivity contribution is 7.26. The molecule has 0 radical (unpaired) electrons. The van der Waals surface area contributed by atoms with Crippen LogP contribution < -0.4 is 0 Å². The molecule has 0 unspecified atom stereocenters. The van der Waals surface area contributed by atoms with E-state index in [9.17, 15) is 5.26 Å². The van der Waals surface area contributed by atoms with Crippen molar-refractivity contribution in [3.05, 3.63) is 138 Å². The summed E-state index contributed by atoms with van der Waals surface area (Å²) in [5.74, 6) is 0. The van der Waals surface area contributed by atoms with Crippen LogP contribution in [-0.2, 0) is 5.41 Å². The maximum atomic E-state index is 9.52. The second kappa shape index (κ2) is 9.39. The largest absolute Gasteiger partial charge is 0.455 e. The molecule has 0 fully saturated rings. The molecule has 3 aromatic heterocycles. The van der Waals surface area contributed by atoms with E-state index in [2.05, 4.69) is 117 Å². The Balaban J connectivity index is 1.15. The molecule has 0 amide bonds. The van der Waals surface area contributed by atoms with E-state index in [0.29, 0.717) is 5.56 Å². The highest BCUT2D eigenvalue weighted by atomic mass is 32.1. The van der Waals surface area contributed by atoms with Crippen molar-refractivity contribution in [1.82, 2.24) is 4.98 Å². The predicted molar refractivity (Wildman–Crippen MR) is 195 cm³/mol. The Labute approximate surface area is 275 Å². The third-order valence-electron chi connectivity index (χ3n) is 10.1. The van der Waals surface area contributed by atoms with E-state index in [0.717, 1.165) is 49.7 Å². The van der Waals surface area contributed by atoms with E-state index >= 15 is 0 Å². The van der Waals surface area contributed by atoms with Gasteiger partial charge in [0.1, 0.15) is 11.2 Å². The Kier molecular flexibility index (Phi) is 5.28. The number of fused-ring (bicyclic) bond motifs is 12. The highest BCUT2D eigenvalue weighted by Crippen LogP contribution is 2.50. The molecule has 220 valence electrons. The van der Waals surface area contributed by atoms with Crippen molar-refractivity contribution in [2.75, 3.05) is 0 Å². The Hall–Kier alpha value is -5.76. The van der Waals surface area contributed by atoms with Gasteiger partial charge in [-0.2, -0.15) is 5.26 Å². The molecule has 0 atom stereocenters. The molecule has 3 nitrogen and oxygen atoms in total. The molecule has 0 bridgehead atoms. The topological polar surface area (TPSA) is 49.8 Å². The second-order valence-corrected chi connectivity index (χ2v) is 14.1. The van der Waals surface area contributed by atoms with E-state index < -0.39 is 0 Å². The normalized spacial score (nSPS) is 13.5. The van der Waals surface area contributed by atoms with Crippen LogP contribution in [0.25, 0.3) is 86.5 Å². The third kappa shape index (κ3) is 3.63. The minimum absolute atomic E-state index is 0.186. The fourth-order valence-electron chi connectivity index (χ4n) is 7.72. The van der Waals surface area contributed by atoms with E-state index in [-0.39, 0.29) is 5.41 Å². The third-order valence-corrected chi connectivity index (χ3v) is 11.3. The molecular weight excluding hydrogens is 593 g/mol. The van der Waals surface area contributed by atoms with Crippen LogP contribution >= 0.6 is 11.3 Å². The summed E-state index contributed by atoms with van der Waals surface area (Å²) in [6, 6.07) is 45.2. The molecule has 47 heavy (non-hydrogen) atoms. The van der Waals surface area contributed by atoms with Gasteiger partial charge in [0.05, 0.1) is 32.9 Å². The number of hydrogen-bond acceptors (Lipinski definition) is 4. The zero-order valence-electron chi connectivity index (χ0n) is 25.8. The standard InChI is InChI=1S/C43H26N2OS/c1-43(2)34-21-24(23-44)11-17-28(34)29-18-16-27(22-35(29)43)25-12-14-26(15-13-25)39-38-32-8-3-5-9-36(32)46-41(38)33-20-19-31-30-7-4-6-10-37(30)47-42(31)40(33)45-39/h3-22H,1-2H3. The van der Waals surface area contributed by atoms with Crippen molar-refractivity contribution in [1.29, 1.82) is 5.26 Å². The van der Waals surface area contributed by atoms with Gasteiger partial charge in [-0.25, -0.2) is 4.98 Å². The van der Waals surface area contributed by atoms with E-state index in [4.69, 9.17) is 9.40 Å². The summed E-state index contributed by atoms with van der Waals surface area (Å²) < 4.78 is 9.04. The molecule has 1 aliphatic rings. The zero-order valence-corrected chi connectivity index (χ0v) is 26.6. The molecule has 0 aliphatic heterocycles. The molecular formula is C43H26N2OS. The van der Waals surface area contributed by atoms with Crippen LogP contribution in [0.4, 0.5) is 0 Å².